The number of rotatable bonds is 5. The number of aromatic nitrogens is 2. The zero-order valence-corrected chi connectivity index (χ0v) is 10.7. The van der Waals surface area contributed by atoms with Crippen molar-refractivity contribution in [2.24, 2.45) is 0 Å². The number of aromatic amines is 1. The summed E-state index contributed by atoms with van der Waals surface area (Å²) in [5.41, 5.74) is 1.10. The lowest BCUT2D eigenvalue weighted by molar-refractivity contribution is 0.178. The van der Waals surface area contributed by atoms with Crippen molar-refractivity contribution in [1.29, 1.82) is 0 Å². The van der Waals surface area contributed by atoms with Gasteiger partial charge in [-0.1, -0.05) is 0 Å². The predicted molar refractivity (Wildman–Crippen MR) is 67.1 cm³/mol. The minimum atomic E-state index is 0.212. The summed E-state index contributed by atoms with van der Waals surface area (Å²) in [5.74, 6) is 0. The van der Waals surface area contributed by atoms with Gasteiger partial charge in [0.05, 0.1) is 12.8 Å². The molecule has 1 heterocycles. The van der Waals surface area contributed by atoms with Crippen LogP contribution in [0.25, 0.3) is 0 Å². The van der Waals surface area contributed by atoms with Gasteiger partial charge >= 0.3 is 0 Å². The van der Waals surface area contributed by atoms with Gasteiger partial charge in [0.15, 0.2) is 5.11 Å². The zero-order valence-electron chi connectivity index (χ0n) is 9.86. The van der Waals surface area contributed by atoms with Crippen molar-refractivity contribution in [3.8, 4) is 0 Å². The van der Waals surface area contributed by atoms with E-state index in [2.05, 4.69) is 15.5 Å². The Balaban J connectivity index is 2.36. The third-order valence-electron chi connectivity index (χ3n) is 2.11. The summed E-state index contributed by atoms with van der Waals surface area (Å²) in [5, 5.41) is 10.6. The van der Waals surface area contributed by atoms with E-state index in [0.717, 1.165) is 12.1 Å². The third kappa shape index (κ3) is 4.16. The summed E-state index contributed by atoms with van der Waals surface area (Å²) in [6.45, 7) is 3.41. The first-order chi connectivity index (χ1) is 7.63. The molecule has 0 aliphatic carbocycles. The molecule has 6 heteroatoms. The molecule has 16 heavy (non-hydrogen) atoms. The van der Waals surface area contributed by atoms with Crippen molar-refractivity contribution < 1.29 is 4.74 Å². The molecule has 1 rings (SSSR count). The maximum Gasteiger partial charge on any atom is 0.169 e. The predicted octanol–water partition coefficient (Wildman–Crippen LogP) is 0.751. The summed E-state index contributed by atoms with van der Waals surface area (Å²) in [6.07, 6.45) is 3.65. The Hall–Kier alpha value is -1.14. The van der Waals surface area contributed by atoms with Gasteiger partial charge in [0.25, 0.3) is 0 Å². The van der Waals surface area contributed by atoms with Gasteiger partial charge in [-0.3, -0.25) is 5.10 Å². The molecule has 0 spiro atoms. The van der Waals surface area contributed by atoms with Gasteiger partial charge in [-0.05, 0) is 19.1 Å². The first-order valence-corrected chi connectivity index (χ1v) is 5.52. The number of hydrogen-bond acceptors (Lipinski definition) is 3. The molecule has 0 radical (unpaired) electrons. The molecule has 1 aromatic rings. The van der Waals surface area contributed by atoms with Gasteiger partial charge in [0.2, 0.25) is 0 Å². The SMILES string of the molecule is COCC(C)NC(=S)N(C)Cc1cn[nH]c1. The van der Waals surface area contributed by atoms with Gasteiger partial charge in [-0.25, -0.2) is 0 Å². The molecule has 1 aromatic heterocycles. The molecule has 0 amide bonds. The van der Waals surface area contributed by atoms with E-state index in [1.165, 1.54) is 0 Å². The highest BCUT2D eigenvalue weighted by Gasteiger charge is 2.08. The van der Waals surface area contributed by atoms with Crippen molar-refractivity contribution in [1.82, 2.24) is 20.4 Å². The zero-order chi connectivity index (χ0) is 12.0. The number of methoxy groups -OCH3 is 1. The van der Waals surface area contributed by atoms with Crippen molar-refractivity contribution in [2.45, 2.75) is 19.5 Å². The molecular formula is C10H18N4OS. The number of H-pyrrole nitrogens is 1. The monoisotopic (exact) mass is 242 g/mol. The van der Waals surface area contributed by atoms with Crippen LogP contribution in [0.3, 0.4) is 0 Å². The lowest BCUT2D eigenvalue weighted by Gasteiger charge is -2.23. The van der Waals surface area contributed by atoms with Gasteiger partial charge < -0.3 is 15.0 Å². The molecule has 5 nitrogen and oxygen atoms in total. The van der Waals surface area contributed by atoms with E-state index in [9.17, 15) is 0 Å². The number of nitrogens with zero attached hydrogens (tertiary/aromatic N) is 2. The highest BCUT2D eigenvalue weighted by molar-refractivity contribution is 7.80. The van der Waals surface area contributed by atoms with E-state index >= 15 is 0 Å². The second kappa shape index (κ2) is 6.44. The van der Waals surface area contributed by atoms with Crippen LogP contribution in [0, 0.1) is 0 Å². The van der Waals surface area contributed by atoms with Crippen molar-refractivity contribution >= 4 is 17.3 Å². The van der Waals surface area contributed by atoms with Crippen LogP contribution in [0.2, 0.25) is 0 Å². The van der Waals surface area contributed by atoms with E-state index in [0.29, 0.717) is 11.7 Å². The summed E-state index contributed by atoms with van der Waals surface area (Å²) < 4.78 is 5.03. The molecule has 1 unspecified atom stereocenters. The second-order valence-corrected chi connectivity index (χ2v) is 4.16. The Morgan fingerprint density at radius 2 is 2.50 bits per heavy atom. The van der Waals surface area contributed by atoms with Crippen LogP contribution in [-0.2, 0) is 11.3 Å². The summed E-state index contributed by atoms with van der Waals surface area (Å²) in [7, 11) is 3.62. The first kappa shape index (κ1) is 12.9. The Labute approximate surface area is 101 Å². The normalized spacial score (nSPS) is 12.2. The Kier molecular flexibility index (Phi) is 5.21. The van der Waals surface area contributed by atoms with Gasteiger partial charge in [-0.2, -0.15) is 5.10 Å². The molecule has 1 atom stereocenters. The molecule has 0 aromatic carbocycles. The van der Waals surface area contributed by atoms with Crippen molar-refractivity contribution in [3.05, 3.63) is 18.0 Å². The van der Waals surface area contributed by atoms with Crippen LogP contribution in [0.1, 0.15) is 12.5 Å². The molecule has 0 saturated heterocycles. The van der Waals surface area contributed by atoms with Gasteiger partial charge in [0, 0.05) is 38.5 Å². The molecule has 2 N–H and O–H groups in total. The fraction of sp³-hybridized carbons (Fsp3) is 0.600. The lowest BCUT2D eigenvalue weighted by atomic mass is 10.3. The molecule has 0 aliphatic heterocycles. The molecular weight excluding hydrogens is 224 g/mol. The topological polar surface area (TPSA) is 53.2 Å². The fourth-order valence-corrected chi connectivity index (χ4v) is 1.59. The van der Waals surface area contributed by atoms with E-state index in [1.54, 1.807) is 13.3 Å². The van der Waals surface area contributed by atoms with Gasteiger partial charge in [-0.15, -0.1) is 0 Å². The van der Waals surface area contributed by atoms with E-state index in [4.69, 9.17) is 17.0 Å². The standard InChI is InChI=1S/C10H18N4OS/c1-8(7-15-3)13-10(16)14(2)6-9-4-11-12-5-9/h4-5,8H,6-7H2,1-3H3,(H,11,12)(H,13,16). The summed E-state index contributed by atoms with van der Waals surface area (Å²) in [6, 6.07) is 0.212. The maximum atomic E-state index is 5.27. The maximum absolute atomic E-state index is 5.27. The van der Waals surface area contributed by atoms with Crippen molar-refractivity contribution in [2.75, 3.05) is 20.8 Å². The van der Waals surface area contributed by atoms with Crippen LogP contribution >= 0.6 is 12.2 Å². The summed E-state index contributed by atoms with van der Waals surface area (Å²) in [4.78, 5) is 1.96. The van der Waals surface area contributed by atoms with Crippen molar-refractivity contribution in [3.63, 3.8) is 0 Å². The molecule has 0 saturated carbocycles. The highest BCUT2D eigenvalue weighted by Crippen LogP contribution is 2.00. The Bertz CT molecular complexity index is 315. The van der Waals surface area contributed by atoms with Crippen LogP contribution in [-0.4, -0.2) is 47.0 Å². The average Bonchev–Trinajstić information content (AvgIpc) is 2.70. The van der Waals surface area contributed by atoms with Gasteiger partial charge in [0.1, 0.15) is 0 Å². The van der Waals surface area contributed by atoms with E-state index in [1.807, 2.05) is 25.1 Å². The van der Waals surface area contributed by atoms with E-state index in [-0.39, 0.29) is 6.04 Å². The molecule has 0 aliphatic rings. The summed E-state index contributed by atoms with van der Waals surface area (Å²) >= 11 is 5.27. The van der Waals surface area contributed by atoms with Crippen LogP contribution in [0.15, 0.2) is 12.4 Å². The number of hydrogen-bond donors (Lipinski definition) is 2. The van der Waals surface area contributed by atoms with Crippen LogP contribution in [0.4, 0.5) is 0 Å². The Morgan fingerprint density at radius 1 is 1.75 bits per heavy atom. The van der Waals surface area contributed by atoms with Crippen LogP contribution in [0.5, 0.6) is 0 Å². The smallest absolute Gasteiger partial charge is 0.169 e. The largest absolute Gasteiger partial charge is 0.383 e. The number of nitrogens with one attached hydrogen (secondary N) is 2. The average molecular weight is 242 g/mol. The lowest BCUT2D eigenvalue weighted by Crippen LogP contribution is -2.43. The van der Waals surface area contributed by atoms with E-state index < -0.39 is 0 Å². The number of thiocarbonyl (C=S) groups is 1. The minimum absolute atomic E-state index is 0.212. The third-order valence-corrected chi connectivity index (χ3v) is 2.54. The molecule has 0 bridgehead atoms. The fourth-order valence-electron chi connectivity index (χ4n) is 1.32. The number of ether oxygens (including phenoxy) is 1. The minimum Gasteiger partial charge on any atom is -0.383 e. The second-order valence-electron chi connectivity index (χ2n) is 3.77. The molecule has 0 fully saturated rings. The first-order valence-electron chi connectivity index (χ1n) is 5.11. The molecule has 90 valence electrons. The quantitative estimate of drug-likeness (QED) is 0.746. The van der Waals surface area contributed by atoms with Crippen LogP contribution < -0.4 is 5.32 Å². The Morgan fingerprint density at radius 3 is 3.06 bits per heavy atom. The highest BCUT2D eigenvalue weighted by atomic mass is 32.1.